The number of fused-ring (bicyclic) bond motifs is 6. The van der Waals surface area contributed by atoms with Gasteiger partial charge in [0.25, 0.3) is 0 Å². The number of aromatic nitrogens is 3. The number of nitrogens with zero attached hydrogens (tertiary/aromatic N) is 4. The van der Waals surface area contributed by atoms with Crippen LogP contribution in [0, 0.1) is 0 Å². The van der Waals surface area contributed by atoms with Crippen LogP contribution in [0.15, 0.2) is 231 Å². The van der Waals surface area contributed by atoms with E-state index in [0.29, 0.717) is 5.82 Å². The van der Waals surface area contributed by atoms with Crippen molar-refractivity contribution in [3.63, 3.8) is 0 Å². The Morgan fingerprint density at radius 1 is 0.435 bits per heavy atom. The topological polar surface area (TPSA) is 34.0 Å². The lowest BCUT2D eigenvalue weighted by molar-refractivity contribution is 0.747. The summed E-state index contributed by atoms with van der Waals surface area (Å²) in [5.74, 6) is 0.909. The summed E-state index contributed by atoms with van der Waals surface area (Å²) in [6.45, 7) is 0. The van der Waals surface area contributed by atoms with E-state index >= 15 is 0 Å². The Kier molecular flexibility index (Phi) is 8.60. The molecule has 0 spiro atoms. The predicted octanol–water partition coefficient (Wildman–Crippen LogP) is 14.5. The minimum Gasteiger partial charge on any atom is -0.333 e. The fourth-order valence-electron chi connectivity index (χ4n) is 9.68. The lowest BCUT2D eigenvalue weighted by Crippen LogP contribution is -2.29. The monoisotopic (exact) mass is 792 g/mol. The second-order valence-corrected chi connectivity index (χ2v) is 16.1. The summed E-state index contributed by atoms with van der Waals surface area (Å²) in [6, 6.07) is 75.9. The van der Waals surface area contributed by atoms with E-state index in [2.05, 4.69) is 228 Å². The molecular weight excluding hydrogens is 753 g/mol. The molecule has 0 saturated carbocycles. The number of benzene rings is 8. The van der Waals surface area contributed by atoms with Crippen LogP contribution in [0.1, 0.15) is 17.0 Å². The smallest absolute Gasteiger partial charge is 0.160 e. The highest BCUT2D eigenvalue weighted by Gasteiger charge is 2.38. The standard InChI is InChI=1S/C58H40N4/c1-4-16-40(17-5-1)51-38-52(41-18-6-2-7-19-41)60-58(59-51)42-32-30-39(31-33-42)43-34-35-55-50(37-43)48-24-10-12-27-53(48)62(55)46-23-14-20-44(36-46)47-26-15-29-56-57(47)49-25-11-13-28-54(49)61(56)45-21-8-3-9-22-45/h1-38,50,55H. The van der Waals surface area contributed by atoms with Crippen molar-refractivity contribution >= 4 is 38.8 Å². The summed E-state index contributed by atoms with van der Waals surface area (Å²) in [5, 5.41) is 2.53. The van der Waals surface area contributed by atoms with Crippen LogP contribution in [0.2, 0.25) is 0 Å². The van der Waals surface area contributed by atoms with E-state index in [1.165, 1.54) is 61.0 Å². The Morgan fingerprint density at radius 3 is 1.79 bits per heavy atom. The molecule has 4 nitrogen and oxygen atoms in total. The van der Waals surface area contributed by atoms with Crippen molar-refractivity contribution in [3.05, 3.63) is 242 Å². The van der Waals surface area contributed by atoms with Crippen LogP contribution in [0.25, 0.3) is 78.1 Å². The number of para-hydroxylation sites is 3. The molecule has 1 aliphatic heterocycles. The SMILES string of the molecule is C1=CC2C(C=C1c1ccc(-c3nc(-c4ccccc4)cc(-c4ccccc4)n3)cc1)c1ccccc1N2c1cccc(-c2cccc3c2c2ccccc2n3-c2ccccc2)c1. The van der Waals surface area contributed by atoms with Gasteiger partial charge in [-0.05, 0) is 76.4 Å². The van der Waals surface area contributed by atoms with Crippen LogP contribution >= 0.6 is 0 Å². The lowest BCUT2D eigenvalue weighted by Gasteiger charge is -2.30. The fourth-order valence-corrected chi connectivity index (χ4v) is 9.68. The maximum Gasteiger partial charge on any atom is 0.160 e. The third-order valence-corrected chi connectivity index (χ3v) is 12.5. The van der Waals surface area contributed by atoms with Crippen molar-refractivity contribution in [1.29, 1.82) is 0 Å². The predicted molar refractivity (Wildman–Crippen MR) is 257 cm³/mol. The summed E-state index contributed by atoms with van der Waals surface area (Å²) in [7, 11) is 0. The molecule has 62 heavy (non-hydrogen) atoms. The number of allylic oxidation sites excluding steroid dienone is 2. The van der Waals surface area contributed by atoms with Crippen molar-refractivity contribution in [1.82, 2.24) is 14.5 Å². The second kappa shape index (κ2) is 14.9. The van der Waals surface area contributed by atoms with Crippen molar-refractivity contribution in [2.24, 2.45) is 0 Å². The first-order valence-electron chi connectivity index (χ1n) is 21.3. The van der Waals surface area contributed by atoms with E-state index in [1.54, 1.807) is 0 Å². The van der Waals surface area contributed by atoms with Gasteiger partial charge in [-0.15, -0.1) is 0 Å². The number of anilines is 2. The van der Waals surface area contributed by atoms with Crippen LogP contribution < -0.4 is 4.90 Å². The van der Waals surface area contributed by atoms with Gasteiger partial charge in [0.05, 0.1) is 28.5 Å². The molecule has 2 aromatic heterocycles. The van der Waals surface area contributed by atoms with Gasteiger partial charge >= 0.3 is 0 Å². The summed E-state index contributed by atoms with van der Waals surface area (Å²) in [4.78, 5) is 12.7. The van der Waals surface area contributed by atoms with Crippen molar-refractivity contribution in [2.75, 3.05) is 4.90 Å². The zero-order valence-corrected chi connectivity index (χ0v) is 33.9. The molecule has 12 rings (SSSR count). The third-order valence-electron chi connectivity index (χ3n) is 12.5. The second-order valence-electron chi connectivity index (χ2n) is 16.1. The lowest BCUT2D eigenvalue weighted by atomic mass is 9.86. The molecule has 2 aliphatic rings. The van der Waals surface area contributed by atoms with Gasteiger partial charge in [-0.25, -0.2) is 9.97 Å². The van der Waals surface area contributed by atoms with E-state index < -0.39 is 0 Å². The first-order valence-corrected chi connectivity index (χ1v) is 21.3. The van der Waals surface area contributed by atoms with Gasteiger partial charge in [0, 0.05) is 50.4 Å². The molecule has 0 radical (unpaired) electrons. The number of hydrogen-bond acceptors (Lipinski definition) is 3. The highest BCUT2D eigenvalue weighted by Crippen LogP contribution is 2.50. The van der Waals surface area contributed by atoms with Crippen molar-refractivity contribution in [2.45, 2.75) is 12.0 Å². The van der Waals surface area contributed by atoms with Gasteiger partial charge < -0.3 is 9.47 Å². The highest BCUT2D eigenvalue weighted by molar-refractivity contribution is 6.16. The summed E-state index contributed by atoms with van der Waals surface area (Å²) < 4.78 is 2.39. The normalized spacial score (nSPS) is 15.4. The Morgan fingerprint density at radius 2 is 1.03 bits per heavy atom. The zero-order valence-electron chi connectivity index (χ0n) is 33.9. The molecule has 2 unspecified atom stereocenters. The van der Waals surface area contributed by atoms with Crippen LogP contribution in [0.5, 0.6) is 0 Å². The Bertz CT molecular complexity index is 3290. The molecule has 0 saturated heterocycles. The van der Waals surface area contributed by atoms with E-state index in [9.17, 15) is 0 Å². The highest BCUT2D eigenvalue weighted by atomic mass is 15.2. The molecule has 0 amide bonds. The molecule has 2 atom stereocenters. The number of rotatable bonds is 7. The first kappa shape index (κ1) is 35.8. The molecule has 3 heterocycles. The molecule has 0 N–H and O–H groups in total. The average molecular weight is 793 g/mol. The molecule has 4 heteroatoms. The minimum atomic E-state index is 0.145. The van der Waals surface area contributed by atoms with Crippen LogP contribution in [0.3, 0.4) is 0 Å². The van der Waals surface area contributed by atoms with E-state index in [4.69, 9.17) is 9.97 Å². The molecule has 292 valence electrons. The van der Waals surface area contributed by atoms with Gasteiger partial charge in [-0.1, -0.05) is 182 Å². The van der Waals surface area contributed by atoms with Crippen molar-refractivity contribution in [3.8, 4) is 50.7 Å². The first-order chi connectivity index (χ1) is 30.7. The largest absolute Gasteiger partial charge is 0.333 e. The quantitative estimate of drug-likeness (QED) is 0.161. The van der Waals surface area contributed by atoms with Crippen LogP contribution in [-0.2, 0) is 0 Å². The summed E-state index contributed by atoms with van der Waals surface area (Å²) >= 11 is 0. The third kappa shape index (κ3) is 6.07. The van der Waals surface area contributed by atoms with Crippen LogP contribution in [-0.4, -0.2) is 20.6 Å². The Balaban J connectivity index is 0.886. The van der Waals surface area contributed by atoms with Gasteiger partial charge in [-0.3, -0.25) is 0 Å². The molecule has 0 fully saturated rings. The van der Waals surface area contributed by atoms with Crippen LogP contribution in [0.4, 0.5) is 11.4 Å². The van der Waals surface area contributed by atoms with Gasteiger partial charge in [0.15, 0.2) is 5.82 Å². The van der Waals surface area contributed by atoms with Gasteiger partial charge in [0.2, 0.25) is 0 Å². The molecule has 0 bridgehead atoms. The summed E-state index contributed by atoms with van der Waals surface area (Å²) in [6.07, 6.45) is 7.16. The molecular formula is C58H40N4. The Hall–Kier alpha value is -8.08. The average Bonchev–Trinajstić information content (AvgIpc) is 3.87. The minimum absolute atomic E-state index is 0.145. The maximum atomic E-state index is 5.07. The summed E-state index contributed by atoms with van der Waals surface area (Å²) in [5.41, 5.74) is 17.1. The molecule has 8 aromatic carbocycles. The molecule has 10 aromatic rings. The maximum absolute atomic E-state index is 5.07. The zero-order chi connectivity index (χ0) is 41.0. The van der Waals surface area contributed by atoms with Gasteiger partial charge in [-0.2, -0.15) is 0 Å². The number of hydrogen-bond donors (Lipinski definition) is 0. The van der Waals surface area contributed by atoms with E-state index in [1.807, 2.05) is 12.1 Å². The van der Waals surface area contributed by atoms with Crippen molar-refractivity contribution < 1.29 is 0 Å². The van der Waals surface area contributed by atoms with E-state index in [-0.39, 0.29) is 12.0 Å². The fraction of sp³-hybridized carbons (Fsp3) is 0.0345. The Labute approximate surface area is 361 Å². The molecule has 1 aliphatic carbocycles. The van der Waals surface area contributed by atoms with E-state index in [0.717, 1.165) is 33.8 Å². The van der Waals surface area contributed by atoms with Gasteiger partial charge in [0.1, 0.15) is 0 Å².